The Kier molecular flexibility index (Phi) is 3.34. The zero-order valence-corrected chi connectivity index (χ0v) is 14.4. The van der Waals surface area contributed by atoms with Gasteiger partial charge in [0.25, 0.3) is 0 Å². The fourth-order valence-electron chi connectivity index (χ4n) is 6.53. The third-order valence-electron chi connectivity index (χ3n) is 7.89. The van der Waals surface area contributed by atoms with Gasteiger partial charge in [0.05, 0.1) is 11.5 Å². The van der Waals surface area contributed by atoms with Crippen LogP contribution in [0.2, 0.25) is 0 Å². The first kappa shape index (κ1) is 15.2. The van der Waals surface area contributed by atoms with Gasteiger partial charge in [-0.25, -0.2) is 0 Å². The molecule has 0 radical (unpaired) electrons. The molecule has 0 aromatic carbocycles. The van der Waals surface area contributed by atoms with E-state index in [0.29, 0.717) is 24.2 Å². The highest BCUT2D eigenvalue weighted by molar-refractivity contribution is 6.23. The molecule has 0 amide bonds. The van der Waals surface area contributed by atoms with Crippen molar-refractivity contribution in [3.8, 4) is 0 Å². The van der Waals surface area contributed by atoms with Crippen molar-refractivity contribution >= 4 is 17.4 Å². The van der Waals surface area contributed by atoms with Crippen LogP contribution in [0.15, 0.2) is 11.6 Å². The zero-order valence-electron chi connectivity index (χ0n) is 13.6. The maximum atomic E-state index is 11.9. The standard InChI is InChI=1S/C19H27ClO2/c1-18-7-5-11(21)9-15(18)16(20)10-12-13-3-4-17(22)19(13,2)8-6-14(12)18/h9,12-14,16-17,22H,3-8,10H2,1-2H3/t12-,13-,14-,16-,17-,18+,19-/m0/s1. The van der Waals surface area contributed by atoms with Crippen LogP contribution in [-0.4, -0.2) is 22.4 Å². The van der Waals surface area contributed by atoms with Gasteiger partial charge in [0.1, 0.15) is 0 Å². The van der Waals surface area contributed by atoms with Crippen molar-refractivity contribution in [2.45, 2.75) is 70.3 Å². The Labute approximate surface area is 138 Å². The second-order valence-electron chi connectivity index (χ2n) is 8.70. The molecular weight excluding hydrogens is 296 g/mol. The topological polar surface area (TPSA) is 37.3 Å². The molecule has 0 bridgehead atoms. The van der Waals surface area contributed by atoms with Gasteiger partial charge in [0, 0.05) is 6.42 Å². The monoisotopic (exact) mass is 322 g/mol. The van der Waals surface area contributed by atoms with Crippen LogP contribution < -0.4 is 0 Å². The normalized spacial score (nSPS) is 54.3. The Morgan fingerprint density at radius 3 is 2.73 bits per heavy atom. The number of rotatable bonds is 0. The van der Waals surface area contributed by atoms with Crippen LogP contribution in [0.4, 0.5) is 0 Å². The molecule has 2 nitrogen and oxygen atoms in total. The van der Waals surface area contributed by atoms with Crippen molar-refractivity contribution in [1.29, 1.82) is 0 Å². The molecule has 4 rings (SSSR count). The van der Waals surface area contributed by atoms with E-state index in [1.165, 1.54) is 12.0 Å². The van der Waals surface area contributed by atoms with E-state index < -0.39 is 0 Å². The van der Waals surface area contributed by atoms with Crippen LogP contribution in [0.3, 0.4) is 0 Å². The molecule has 0 aromatic rings. The molecule has 0 unspecified atom stereocenters. The Morgan fingerprint density at radius 1 is 1.18 bits per heavy atom. The highest BCUT2D eigenvalue weighted by atomic mass is 35.5. The van der Waals surface area contributed by atoms with Gasteiger partial charge >= 0.3 is 0 Å². The average molecular weight is 323 g/mol. The van der Waals surface area contributed by atoms with Crippen LogP contribution in [0.1, 0.15) is 58.8 Å². The highest BCUT2D eigenvalue weighted by Gasteiger charge is 2.60. The number of hydrogen-bond donors (Lipinski definition) is 1. The number of alkyl halides is 1. The number of carbonyl (C=O) groups excluding carboxylic acids is 1. The van der Waals surface area contributed by atoms with E-state index in [2.05, 4.69) is 13.8 Å². The summed E-state index contributed by atoms with van der Waals surface area (Å²) in [6.07, 6.45) is 8.79. The van der Waals surface area contributed by atoms with Crippen LogP contribution >= 0.6 is 11.6 Å². The van der Waals surface area contributed by atoms with E-state index in [9.17, 15) is 9.90 Å². The van der Waals surface area contributed by atoms with E-state index in [1.54, 1.807) is 0 Å². The van der Waals surface area contributed by atoms with Crippen molar-refractivity contribution in [3.05, 3.63) is 11.6 Å². The summed E-state index contributed by atoms with van der Waals surface area (Å²) in [5, 5.41) is 10.5. The van der Waals surface area contributed by atoms with Crippen LogP contribution in [0.5, 0.6) is 0 Å². The smallest absolute Gasteiger partial charge is 0.155 e. The second-order valence-corrected chi connectivity index (χ2v) is 9.23. The van der Waals surface area contributed by atoms with E-state index in [-0.39, 0.29) is 28.1 Å². The zero-order chi connectivity index (χ0) is 15.7. The molecule has 3 fully saturated rings. The summed E-state index contributed by atoms with van der Waals surface area (Å²) in [4.78, 5) is 11.9. The van der Waals surface area contributed by atoms with Crippen molar-refractivity contribution < 1.29 is 9.90 Å². The second kappa shape index (κ2) is 4.83. The summed E-state index contributed by atoms with van der Waals surface area (Å²) in [6, 6.07) is 0. The molecule has 4 aliphatic rings. The lowest BCUT2D eigenvalue weighted by Crippen LogP contribution is -2.53. The molecule has 0 saturated heterocycles. The van der Waals surface area contributed by atoms with Crippen molar-refractivity contribution in [3.63, 3.8) is 0 Å². The molecular formula is C19H27ClO2. The van der Waals surface area contributed by atoms with Crippen LogP contribution in [0, 0.1) is 28.6 Å². The summed E-state index contributed by atoms with van der Waals surface area (Å²) in [5.74, 6) is 2.13. The maximum absolute atomic E-state index is 11.9. The van der Waals surface area contributed by atoms with Gasteiger partial charge in [0.2, 0.25) is 0 Å². The molecule has 3 heteroatoms. The first-order valence-corrected chi connectivity index (χ1v) is 9.37. The molecule has 122 valence electrons. The lowest BCUT2D eigenvalue weighted by Gasteiger charge is -2.58. The van der Waals surface area contributed by atoms with Gasteiger partial charge in [-0.05, 0) is 78.8 Å². The molecule has 0 aliphatic heterocycles. The Hall–Kier alpha value is -0.340. The van der Waals surface area contributed by atoms with Gasteiger partial charge < -0.3 is 5.11 Å². The van der Waals surface area contributed by atoms with E-state index >= 15 is 0 Å². The minimum Gasteiger partial charge on any atom is -0.393 e. The SMILES string of the molecule is C[C@]12CC[C@H]3[C@@H](C[C@H](Cl)C4=CC(=O)CC[C@@]43C)[C@@H]1CC[C@@H]2O. The van der Waals surface area contributed by atoms with Crippen LogP contribution in [0.25, 0.3) is 0 Å². The molecule has 0 aromatic heterocycles. The summed E-state index contributed by atoms with van der Waals surface area (Å²) < 4.78 is 0. The van der Waals surface area contributed by atoms with Crippen molar-refractivity contribution in [2.75, 3.05) is 0 Å². The predicted molar refractivity (Wildman–Crippen MR) is 87.7 cm³/mol. The van der Waals surface area contributed by atoms with Crippen molar-refractivity contribution in [2.24, 2.45) is 28.6 Å². The quantitative estimate of drug-likeness (QED) is 0.682. The number of halogens is 1. The highest BCUT2D eigenvalue weighted by Crippen LogP contribution is 2.65. The molecule has 3 saturated carbocycles. The van der Waals surface area contributed by atoms with Gasteiger partial charge in [-0.2, -0.15) is 0 Å². The third kappa shape index (κ3) is 1.86. The minimum atomic E-state index is -0.134. The van der Waals surface area contributed by atoms with Gasteiger partial charge in [-0.15, -0.1) is 11.6 Å². The molecule has 0 heterocycles. The number of carbonyl (C=O) groups is 1. The number of ketones is 1. The summed E-state index contributed by atoms with van der Waals surface area (Å²) >= 11 is 6.75. The largest absolute Gasteiger partial charge is 0.393 e. The number of hydrogen-bond acceptors (Lipinski definition) is 2. The predicted octanol–water partition coefficient (Wildman–Crippen LogP) is 4.10. The first-order valence-electron chi connectivity index (χ1n) is 8.93. The minimum absolute atomic E-state index is 0.00981. The van der Waals surface area contributed by atoms with E-state index in [0.717, 1.165) is 32.1 Å². The maximum Gasteiger partial charge on any atom is 0.155 e. The van der Waals surface area contributed by atoms with E-state index in [4.69, 9.17) is 11.6 Å². The molecule has 0 spiro atoms. The van der Waals surface area contributed by atoms with Gasteiger partial charge in [-0.1, -0.05) is 13.8 Å². The van der Waals surface area contributed by atoms with Crippen LogP contribution in [-0.2, 0) is 4.79 Å². The lowest BCUT2D eigenvalue weighted by molar-refractivity contribution is -0.117. The van der Waals surface area contributed by atoms with E-state index in [1.807, 2.05) is 6.08 Å². The molecule has 7 atom stereocenters. The summed E-state index contributed by atoms with van der Waals surface area (Å²) in [6.45, 7) is 4.65. The molecule has 1 N–H and O–H groups in total. The lowest BCUT2D eigenvalue weighted by atomic mass is 9.47. The number of aliphatic hydroxyl groups excluding tert-OH is 1. The number of aliphatic hydroxyl groups is 1. The number of fused-ring (bicyclic) bond motifs is 5. The first-order chi connectivity index (χ1) is 10.4. The fraction of sp³-hybridized carbons (Fsp3) is 0.842. The average Bonchev–Trinajstić information content (AvgIpc) is 2.77. The summed E-state index contributed by atoms with van der Waals surface area (Å²) in [5.41, 5.74) is 1.42. The Morgan fingerprint density at radius 2 is 1.95 bits per heavy atom. The third-order valence-corrected chi connectivity index (χ3v) is 8.30. The van der Waals surface area contributed by atoms with Gasteiger partial charge in [0.15, 0.2) is 5.78 Å². The number of allylic oxidation sites excluding steroid dienone is 1. The fourth-order valence-corrected chi connectivity index (χ4v) is 7.05. The molecule has 4 aliphatic carbocycles. The Bertz CT molecular complexity index is 542. The Balaban J connectivity index is 1.73. The van der Waals surface area contributed by atoms with Crippen molar-refractivity contribution in [1.82, 2.24) is 0 Å². The summed E-state index contributed by atoms with van der Waals surface area (Å²) in [7, 11) is 0. The van der Waals surface area contributed by atoms with Gasteiger partial charge in [-0.3, -0.25) is 4.79 Å². The molecule has 22 heavy (non-hydrogen) atoms.